The molecule has 2 rings (SSSR count). The average molecular weight is 304 g/mol. The molecule has 2 aromatic rings. The van der Waals surface area contributed by atoms with Crippen molar-refractivity contribution in [1.82, 2.24) is 0 Å². The van der Waals surface area contributed by atoms with Gasteiger partial charge in [0.15, 0.2) is 0 Å². The Bertz CT molecular complexity index is 642. The maximum absolute atomic E-state index is 13.4. The molecule has 0 atom stereocenters. The average Bonchev–Trinajstić information content (AvgIpc) is 2.51. The number of amides is 1. The van der Waals surface area contributed by atoms with Crippen molar-refractivity contribution in [2.45, 2.75) is 19.8 Å². The summed E-state index contributed by atoms with van der Waals surface area (Å²) in [6.45, 7) is 2.52. The van der Waals surface area contributed by atoms with Gasteiger partial charge in [0.05, 0.1) is 5.69 Å². The van der Waals surface area contributed by atoms with Gasteiger partial charge in [0.1, 0.15) is 11.6 Å². The smallest absolute Gasteiger partial charge is 0.226 e. The van der Waals surface area contributed by atoms with Crippen molar-refractivity contribution in [1.29, 1.82) is 0 Å². The molecule has 0 aliphatic carbocycles. The van der Waals surface area contributed by atoms with Crippen LogP contribution < -0.4 is 10.6 Å². The standard InChI is InChI=1S/C17H18F2N2O/c1-2-12-3-6-14(7-4-12)20-10-9-17(22)21-16-8-5-13(18)11-15(16)19/h3-8,11,20H,2,9-10H2,1H3,(H,21,22). The highest BCUT2D eigenvalue weighted by molar-refractivity contribution is 5.91. The third kappa shape index (κ3) is 4.55. The second-order valence-electron chi connectivity index (χ2n) is 4.90. The third-order valence-electron chi connectivity index (χ3n) is 3.25. The van der Waals surface area contributed by atoms with E-state index >= 15 is 0 Å². The molecule has 0 saturated heterocycles. The molecule has 0 heterocycles. The van der Waals surface area contributed by atoms with E-state index in [-0.39, 0.29) is 18.0 Å². The zero-order valence-corrected chi connectivity index (χ0v) is 12.3. The molecular weight excluding hydrogens is 286 g/mol. The quantitative estimate of drug-likeness (QED) is 0.848. The van der Waals surface area contributed by atoms with Crippen LogP contribution in [0.5, 0.6) is 0 Å². The molecule has 2 N–H and O–H groups in total. The second-order valence-corrected chi connectivity index (χ2v) is 4.90. The maximum Gasteiger partial charge on any atom is 0.226 e. The number of carbonyl (C=O) groups is 1. The van der Waals surface area contributed by atoms with E-state index in [1.165, 1.54) is 11.6 Å². The van der Waals surface area contributed by atoms with Crippen LogP contribution in [-0.2, 0) is 11.2 Å². The number of hydrogen-bond acceptors (Lipinski definition) is 2. The van der Waals surface area contributed by atoms with E-state index in [1.807, 2.05) is 24.3 Å². The summed E-state index contributed by atoms with van der Waals surface area (Å²) in [4.78, 5) is 11.7. The van der Waals surface area contributed by atoms with Crippen molar-refractivity contribution < 1.29 is 13.6 Å². The van der Waals surface area contributed by atoms with E-state index in [0.29, 0.717) is 6.54 Å². The maximum atomic E-state index is 13.4. The fourth-order valence-electron chi connectivity index (χ4n) is 1.98. The lowest BCUT2D eigenvalue weighted by atomic mass is 10.1. The van der Waals surface area contributed by atoms with Gasteiger partial charge in [-0.25, -0.2) is 8.78 Å². The first-order valence-corrected chi connectivity index (χ1v) is 7.16. The lowest BCUT2D eigenvalue weighted by molar-refractivity contribution is -0.116. The van der Waals surface area contributed by atoms with Gasteiger partial charge in [-0.3, -0.25) is 4.79 Å². The highest BCUT2D eigenvalue weighted by atomic mass is 19.1. The van der Waals surface area contributed by atoms with E-state index in [4.69, 9.17) is 0 Å². The minimum absolute atomic E-state index is 0.0151. The molecule has 0 saturated carbocycles. The first-order chi connectivity index (χ1) is 10.6. The van der Waals surface area contributed by atoms with Gasteiger partial charge in [0.2, 0.25) is 5.91 Å². The molecule has 2 aromatic carbocycles. The van der Waals surface area contributed by atoms with Gasteiger partial charge < -0.3 is 10.6 Å². The van der Waals surface area contributed by atoms with Gasteiger partial charge in [-0.05, 0) is 36.2 Å². The van der Waals surface area contributed by atoms with Crippen LogP contribution in [0.1, 0.15) is 18.9 Å². The van der Waals surface area contributed by atoms with Gasteiger partial charge >= 0.3 is 0 Å². The third-order valence-corrected chi connectivity index (χ3v) is 3.25. The Kier molecular flexibility index (Phi) is 5.47. The first-order valence-electron chi connectivity index (χ1n) is 7.16. The zero-order valence-electron chi connectivity index (χ0n) is 12.3. The Morgan fingerprint density at radius 1 is 1.09 bits per heavy atom. The minimum Gasteiger partial charge on any atom is -0.385 e. The summed E-state index contributed by atoms with van der Waals surface area (Å²) in [5.74, 6) is -1.78. The molecule has 22 heavy (non-hydrogen) atoms. The number of benzene rings is 2. The van der Waals surface area contributed by atoms with Gasteiger partial charge in [0.25, 0.3) is 0 Å². The summed E-state index contributed by atoms with van der Waals surface area (Å²) < 4.78 is 26.2. The first kappa shape index (κ1) is 15.9. The number of nitrogens with one attached hydrogen (secondary N) is 2. The highest BCUT2D eigenvalue weighted by Crippen LogP contribution is 2.15. The summed E-state index contributed by atoms with van der Waals surface area (Å²) in [5, 5.41) is 5.54. The molecule has 0 spiro atoms. The molecule has 3 nitrogen and oxygen atoms in total. The van der Waals surface area contributed by atoms with Crippen molar-refractivity contribution in [2.24, 2.45) is 0 Å². The van der Waals surface area contributed by atoms with E-state index in [1.54, 1.807) is 0 Å². The Morgan fingerprint density at radius 2 is 1.82 bits per heavy atom. The van der Waals surface area contributed by atoms with Crippen LogP contribution in [0.2, 0.25) is 0 Å². The fourth-order valence-corrected chi connectivity index (χ4v) is 1.98. The molecule has 1 amide bonds. The molecular formula is C17H18F2N2O. The number of aryl methyl sites for hydroxylation is 1. The zero-order chi connectivity index (χ0) is 15.9. The van der Waals surface area contributed by atoms with Crippen LogP contribution in [0.25, 0.3) is 0 Å². The number of carbonyl (C=O) groups excluding carboxylic acids is 1. The summed E-state index contributed by atoms with van der Waals surface area (Å²) >= 11 is 0. The molecule has 116 valence electrons. The van der Waals surface area contributed by atoms with Crippen molar-refractivity contribution in [3.05, 3.63) is 59.7 Å². The largest absolute Gasteiger partial charge is 0.385 e. The normalized spacial score (nSPS) is 10.3. The molecule has 0 bridgehead atoms. The number of rotatable bonds is 6. The number of halogens is 2. The monoisotopic (exact) mass is 304 g/mol. The van der Waals surface area contributed by atoms with E-state index in [9.17, 15) is 13.6 Å². The van der Waals surface area contributed by atoms with Crippen molar-refractivity contribution in [2.75, 3.05) is 17.2 Å². The predicted molar refractivity (Wildman–Crippen MR) is 83.9 cm³/mol. The Hall–Kier alpha value is -2.43. The topological polar surface area (TPSA) is 41.1 Å². The lowest BCUT2D eigenvalue weighted by Gasteiger charge is -2.08. The van der Waals surface area contributed by atoms with Gasteiger partial charge in [-0.1, -0.05) is 19.1 Å². The molecule has 0 aliphatic rings. The van der Waals surface area contributed by atoms with Crippen LogP contribution in [-0.4, -0.2) is 12.5 Å². The van der Waals surface area contributed by atoms with Crippen LogP contribution in [0.15, 0.2) is 42.5 Å². The van der Waals surface area contributed by atoms with E-state index in [0.717, 1.165) is 24.2 Å². The fraction of sp³-hybridized carbons (Fsp3) is 0.235. The van der Waals surface area contributed by atoms with Gasteiger partial charge in [-0.15, -0.1) is 0 Å². The van der Waals surface area contributed by atoms with Crippen LogP contribution in [0.3, 0.4) is 0 Å². The van der Waals surface area contributed by atoms with Crippen molar-refractivity contribution >= 4 is 17.3 Å². The summed E-state index contributed by atoms with van der Waals surface area (Å²) in [6.07, 6.45) is 1.16. The lowest BCUT2D eigenvalue weighted by Crippen LogP contribution is -2.17. The van der Waals surface area contributed by atoms with E-state index in [2.05, 4.69) is 17.6 Å². The highest BCUT2D eigenvalue weighted by Gasteiger charge is 2.07. The van der Waals surface area contributed by atoms with Crippen LogP contribution in [0, 0.1) is 11.6 Å². The SMILES string of the molecule is CCc1ccc(NCCC(=O)Nc2ccc(F)cc2F)cc1. The molecule has 5 heteroatoms. The van der Waals surface area contributed by atoms with Gasteiger partial charge in [-0.2, -0.15) is 0 Å². The summed E-state index contributed by atoms with van der Waals surface area (Å²) in [7, 11) is 0. The second kappa shape index (κ2) is 7.54. The molecule has 0 aromatic heterocycles. The van der Waals surface area contributed by atoms with Crippen LogP contribution >= 0.6 is 0 Å². The summed E-state index contributed by atoms with van der Waals surface area (Å²) in [6, 6.07) is 11.0. The molecule has 0 unspecified atom stereocenters. The molecule has 0 radical (unpaired) electrons. The number of anilines is 2. The summed E-state index contributed by atoms with van der Waals surface area (Å²) in [5.41, 5.74) is 2.16. The molecule has 0 fully saturated rings. The Labute approximate surface area is 128 Å². The Morgan fingerprint density at radius 3 is 2.45 bits per heavy atom. The Balaban J connectivity index is 1.79. The van der Waals surface area contributed by atoms with Gasteiger partial charge in [0, 0.05) is 24.7 Å². The molecule has 0 aliphatic heterocycles. The van der Waals surface area contributed by atoms with Crippen LogP contribution in [0.4, 0.5) is 20.2 Å². The minimum atomic E-state index is -0.781. The van der Waals surface area contributed by atoms with E-state index < -0.39 is 11.6 Å². The van der Waals surface area contributed by atoms with Crippen molar-refractivity contribution in [3.8, 4) is 0 Å². The predicted octanol–water partition coefficient (Wildman–Crippen LogP) is 3.97. The number of hydrogen-bond donors (Lipinski definition) is 2. The van der Waals surface area contributed by atoms with Crippen molar-refractivity contribution in [3.63, 3.8) is 0 Å².